The normalized spacial score (nSPS) is 15.0. The van der Waals surface area contributed by atoms with Gasteiger partial charge >= 0.3 is 5.51 Å². The molecule has 2 aromatic heterocycles. The summed E-state index contributed by atoms with van der Waals surface area (Å²) < 4.78 is 63.4. The molecule has 33 heavy (non-hydrogen) atoms. The molecule has 174 valence electrons. The lowest BCUT2D eigenvalue weighted by Gasteiger charge is -2.13. The summed E-state index contributed by atoms with van der Waals surface area (Å²) in [5, 5.41) is 4.14. The Bertz CT molecular complexity index is 1240. The van der Waals surface area contributed by atoms with E-state index >= 15 is 0 Å². The first-order chi connectivity index (χ1) is 15.6. The Balaban J connectivity index is 1.64. The van der Waals surface area contributed by atoms with Crippen LogP contribution in [-0.4, -0.2) is 34.8 Å². The number of benzene rings is 1. The molecule has 7 nitrogen and oxygen atoms in total. The zero-order chi connectivity index (χ0) is 23.6. The number of carbonyl (C=O) groups excluding carboxylic acids is 1. The lowest BCUT2D eigenvalue weighted by Crippen LogP contribution is -2.24. The van der Waals surface area contributed by atoms with E-state index in [1.54, 1.807) is 17.8 Å². The fraction of sp³-hybridized carbons (Fsp3) is 0.300. The van der Waals surface area contributed by atoms with Crippen LogP contribution < -0.4 is 5.32 Å². The van der Waals surface area contributed by atoms with Crippen molar-refractivity contribution in [3.8, 4) is 0 Å². The second kappa shape index (κ2) is 9.39. The fourth-order valence-electron chi connectivity index (χ4n) is 3.47. The van der Waals surface area contributed by atoms with Gasteiger partial charge in [-0.25, -0.2) is 23.4 Å². The molecule has 0 unspecified atom stereocenters. The molecule has 0 bridgehead atoms. The summed E-state index contributed by atoms with van der Waals surface area (Å²) in [4.78, 5) is 24.5. The highest BCUT2D eigenvalue weighted by molar-refractivity contribution is 8.01. The van der Waals surface area contributed by atoms with Gasteiger partial charge in [0.1, 0.15) is 0 Å². The van der Waals surface area contributed by atoms with E-state index in [2.05, 4.69) is 20.3 Å². The van der Waals surface area contributed by atoms with Crippen LogP contribution in [0, 0.1) is 0 Å². The number of aromatic nitrogens is 3. The number of nitrogens with one attached hydrogen (secondary N) is 1. The summed E-state index contributed by atoms with van der Waals surface area (Å²) >= 11 is 2.30. The largest absolute Gasteiger partial charge is 0.501 e. The average Bonchev–Trinajstić information content (AvgIpc) is 3.48. The molecule has 3 aromatic rings. The van der Waals surface area contributed by atoms with Gasteiger partial charge < -0.3 is 0 Å². The van der Waals surface area contributed by atoms with Gasteiger partial charge in [0.2, 0.25) is 5.95 Å². The number of anilines is 1. The fourth-order valence-corrected chi connectivity index (χ4v) is 5.95. The lowest BCUT2D eigenvalue weighted by molar-refractivity contribution is -0.0436. The maximum atomic E-state index is 13.0. The molecule has 0 spiro atoms. The van der Waals surface area contributed by atoms with Gasteiger partial charge in [0.15, 0.2) is 4.34 Å². The van der Waals surface area contributed by atoms with Crippen molar-refractivity contribution in [1.82, 2.24) is 15.0 Å². The third-order valence-electron chi connectivity index (χ3n) is 5.14. The second-order valence-corrected chi connectivity index (χ2v) is 11.4. The Morgan fingerprint density at radius 2 is 1.82 bits per heavy atom. The Labute approximate surface area is 195 Å². The lowest BCUT2D eigenvalue weighted by atomic mass is 10.0. The van der Waals surface area contributed by atoms with Gasteiger partial charge in [-0.1, -0.05) is 24.6 Å². The van der Waals surface area contributed by atoms with Crippen molar-refractivity contribution >= 4 is 44.8 Å². The van der Waals surface area contributed by atoms with E-state index in [9.17, 15) is 26.4 Å². The molecule has 1 saturated carbocycles. The first kappa shape index (κ1) is 23.6. The molecular weight excluding hydrogens is 497 g/mol. The van der Waals surface area contributed by atoms with Crippen LogP contribution in [0.1, 0.15) is 47.5 Å². The zero-order valence-corrected chi connectivity index (χ0v) is 19.3. The predicted molar refractivity (Wildman–Crippen MR) is 117 cm³/mol. The minimum absolute atomic E-state index is 0.0315. The molecular formula is C20H17F3N4O3S3. The monoisotopic (exact) mass is 514 g/mol. The van der Waals surface area contributed by atoms with Crippen molar-refractivity contribution in [3.63, 3.8) is 0 Å². The number of alkyl halides is 3. The molecule has 0 saturated heterocycles. The van der Waals surface area contributed by atoms with Crippen LogP contribution in [0.5, 0.6) is 0 Å². The molecule has 1 N–H and O–H groups in total. The summed E-state index contributed by atoms with van der Waals surface area (Å²) in [6, 6.07) is 2.69. The number of hydrogen-bond donors (Lipinski definition) is 1. The van der Waals surface area contributed by atoms with E-state index in [1.165, 1.54) is 17.5 Å². The summed E-state index contributed by atoms with van der Waals surface area (Å²) in [6.07, 6.45) is 9.15. The zero-order valence-electron chi connectivity index (χ0n) is 16.9. The smallest absolute Gasteiger partial charge is 0.290 e. The predicted octanol–water partition coefficient (Wildman–Crippen LogP) is 5.29. The second-order valence-electron chi connectivity index (χ2n) is 7.28. The molecule has 1 aromatic carbocycles. The minimum Gasteiger partial charge on any atom is -0.290 e. The number of rotatable bonds is 6. The standard InChI is InChI=1S/C20H17F3N4O3S3/c21-20(22,23)33(29,30)14-5-6-16(32-19-24-7-8-31-19)15(9-14)17(28)27-18-25-10-13(11-26-18)12-3-1-2-4-12/h5-12H,1-4H2,(H,25,26,27,28). The molecule has 1 amide bonds. The van der Waals surface area contributed by atoms with Crippen LogP contribution >= 0.6 is 23.1 Å². The molecule has 0 aliphatic heterocycles. The molecule has 1 fully saturated rings. The average molecular weight is 515 g/mol. The van der Waals surface area contributed by atoms with Crippen molar-refractivity contribution in [2.75, 3.05) is 5.32 Å². The van der Waals surface area contributed by atoms with Gasteiger partial charge in [0, 0.05) is 28.9 Å². The summed E-state index contributed by atoms with van der Waals surface area (Å²) in [6.45, 7) is 0. The first-order valence-electron chi connectivity index (χ1n) is 9.81. The van der Waals surface area contributed by atoms with Crippen molar-refractivity contribution in [2.24, 2.45) is 0 Å². The van der Waals surface area contributed by atoms with Crippen LogP contribution in [-0.2, 0) is 9.84 Å². The summed E-state index contributed by atoms with van der Waals surface area (Å²) in [5.74, 6) is -0.488. The van der Waals surface area contributed by atoms with Crippen molar-refractivity contribution in [2.45, 2.75) is 51.2 Å². The highest BCUT2D eigenvalue weighted by Gasteiger charge is 2.47. The van der Waals surface area contributed by atoms with Crippen LogP contribution in [0.4, 0.5) is 19.1 Å². The number of hydrogen-bond acceptors (Lipinski definition) is 8. The van der Waals surface area contributed by atoms with E-state index in [0.29, 0.717) is 16.3 Å². The van der Waals surface area contributed by atoms with Gasteiger partial charge in [-0.15, -0.1) is 11.3 Å². The van der Waals surface area contributed by atoms with Gasteiger partial charge in [-0.2, -0.15) is 13.2 Å². The SMILES string of the molecule is O=C(Nc1ncc(C2CCCC2)cn1)c1cc(S(=O)(=O)C(F)(F)F)ccc1Sc1nccs1. The van der Waals surface area contributed by atoms with E-state index in [0.717, 1.165) is 55.1 Å². The number of sulfone groups is 1. The topological polar surface area (TPSA) is 102 Å². The summed E-state index contributed by atoms with van der Waals surface area (Å²) in [7, 11) is -5.63. The van der Waals surface area contributed by atoms with Crippen molar-refractivity contribution in [1.29, 1.82) is 0 Å². The Hall–Kier alpha value is -2.51. The van der Waals surface area contributed by atoms with Crippen LogP contribution in [0.25, 0.3) is 0 Å². The Kier molecular flexibility index (Phi) is 6.73. The Morgan fingerprint density at radius 1 is 1.12 bits per heavy atom. The molecule has 0 radical (unpaired) electrons. The van der Waals surface area contributed by atoms with Gasteiger partial charge in [-0.3, -0.25) is 10.1 Å². The number of amides is 1. The van der Waals surface area contributed by atoms with Crippen LogP contribution in [0.3, 0.4) is 0 Å². The molecule has 4 rings (SSSR count). The van der Waals surface area contributed by atoms with E-state index < -0.39 is 26.1 Å². The molecule has 1 aliphatic carbocycles. The maximum Gasteiger partial charge on any atom is 0.501 e. The summed E-state index contributed by atoms with van der Waals surface area (Å²) in [5.41, 5.74) is -4.79. The number of thiazole rings is 1. The molecule has 2 heterocycles. The van der Waals surface area contributed by atoms with Crippen molar-refractivity contribution in [3.05, 3.63) is 53.3 Å². The minimum atomic E-state index is -5.63. The van der Waals surface area contributed by atoms with Crippen molar-refractivity contribution < 1.29 is 26.4 Å². The highest BCUT2D eigenvalue weighted by Crippen LogP contribution is 2.37. The molecule has 1 aliphatic rings. The van der Waals surface area contributed by atoms with E-state index in [1.807, 2.05) is 0 Å². The maximum absolute atomic E-state index is 13.0. The highest BCUT2D eigenvalue weighted by atomic mass is 32.2. The number of carbonyl (C=O) groups is 1. The van der Waals surface area contributed by atoms with Crippen LogP contribution in [0.15, 0.2) is 56.3 Å². The third-order valence-corrected chi connectivity index (χ3v) is 8.58. The van der Waals surface area contributed by atoms with Gasteiger partial charge in [0.05, 0.1) is 10.5 Å². The van der Waals surface area contributed by atoms with Crippen LogP contribution in [0.2, 0.25) is 0 Å². The van der Waals surface area contributed by atoms with Gasteiger partial charge in [0.25, 0.3) is 15.7 Å². The number of halogens is 3. The first-order valence-corrected chi connectivity index (χ1v) is 13.0. The molecule has 0 atom stereocenters. The third kappa shape index (κ3) is 5.20. The number of nitrogens with zero attached hydrogens (tertiary/aromatic N) is 3. The Morgan fingerprint density at radius 3 is 2.42 bits per heavy atom. The molecule has 13 heteroatoms. The quantitative estimate of drug-likeness (QED) is 0.477. The van der Waals surface area contributed by atoms with E-state index in [-0.39, 0.29) is 16.4 Å². The van der Waals surface area contributed by atoms with Gasteiger partial charge in [-0.05, 0) is 42.5 Å². The van der Waals surface area contributed by atoms with E-state index in [4.69, 9.17) is 0 Å².